The van der Waals surface area contributed by atoms with E-state index in [0.29, 0.717) is 22.0 Å². The number of anilines is 1. The van der Waals surface area contributed by atoms with Crippen LogP contribution in [-0.2, 0) is 4.79 Å². The van der Waals surface area contributed by atoms with E-state index in [0.717, 1.165) is 11.1 Å². The lowest BCUT2D eigenvalue weighted by Gasteiger charge is -2.15. The van der Waals surface area contributed by atoms with Crippen LogP contribution in [0.4, 0.5) is 5.69 Å². The standard InChI is InChI=1S/C24H23ClN2O3/c1-16-13-20(25)11-12-22(16)30-15-23(28)27-21-10-6-9-19(14-21)24(29)26-17(2)18-7-4-3-5-8-18/h3-14,17H,15H2,1-2H3,(H,26,29)(H,27,28). The predicted octanol–water partition coefficient (Wildman–Crippen LogP) is 5.16. The van der Waals surface area contributed by atoms with E-state index in [1.807, 2.05) is 44.2 Å². The average Bonchev–Trinajstić information content (AvgIpc) is 2.74. The number of aryl methyl sites for hydroxylation is 1. The maximum absolute atomic E-state index is 12.6. The second-order valence-corrected chi connectivity index (χ2v) is 7.37. The van der Waals surface area contributed by atoms with Crippen molar-refractivity contribution in [3.63, 3.8) is 0 Å². The molecular weight excluding hydrogens is 400 g/mol. The molecule has 0 heterocycles. The molecule has 0 saturated heterocycles. The van der Waals surface area contributed by atoms with E-state index in [2.05, 4.69) is 10.6 Å². The molecule has 0 aliphatic rings. The number of amides is 2. The third kappa shape index (κ3) is 5.84. The molecule has 6 heteroatoms. The highest BCUT2D eigenvalue weighted by atomic mass is 35.5. The first-order chi connectivity index (χ1) is 14.4. The first-order valence-corrected chi connectivity index (χ1v) is 9.95. The van der Waals surface area contributed by atoms with Crippen molar-refractivity contribution in [2.75, 3.05) is 11.9 Å². The summed E-state index contributed by atoms with van der Waals surface area (Å²) in [7, 11) is 0. The number of rotatable bonds is 7. The summed E-state index contributed by atoms with van der Waals surface area (Å²) in [6, 6.07) is 21.6. The van der Waals surface area contributed by atoms with Crippen molar-refractivity contribution in [1.82, 2.24) is 5.32 Å². The Morgan fingerprint density at radius 2 is 1.77 bits per heavy atom. The lowest BCUT2D eigenvalue weighted by Crippen LogP contribution is -2.27. The fraction of sp³-hybridized carbons (Fsp3) is 0.167. The molecule has 0 bridgehead atoms. The van der Waals surface area contributed by atoms with Gasteiger partial charge < -0.3 is 15.4 Å². The molecule has 5 nitrogen and oxygen atoms in total. The molecule has 3 rings (SSSR count). The van der Waals surface area contributed by atoms with Crippen LogP contribution in [0, 0.1) is 6.92 Å². The normalized spacial score (nSPS) is 11.4. The van der Waals surface area contributed by atoms with Crippen LogP contribution < -0.4 is 15.4 Å². The number of hydrogen-bond donors (Lipinski definition) is 2. The van der Waals surface area contributed by atoms with E-state index in [1.165, 1.54) is 0 Å². The first kappa shape index (κ1) is 21.4. The van der Waals surface area contributed by atoms with Gasteiger partial charge in [-0.15, -0.1) is 0 Å². The monoisotopic (exact) mass is 422 g/mol. The van der Waals surface area contributed by atoms with Gasteiger partial charge >= 0.3 is 0 Å². The second kappa shape index (κ2) is 9.94. The Bertz CT molecular complexity index is 1040. The maximum Gasteiger partial charge on any atom is 0.262 e. The van der Waals surface area contributed by atoms with E-state index < -0.39 is 0 Å². The van der Waals surface area contributed by atoms with E-state index in [-0.39, 0.29) is 24.5 Å². The SMILES string of the molecule is Cc1cc(Cl)ccc1OCC(=O)Nc1cccc(C(=O)NC(C)c2ccccc2)c1. The van der Waals surface area contributed by atoms with E-state index >= 15 is 0 Å². The Morgan fingerprint density at radius 1 is 1.00 bits per heavy atom. The molecule has 0 fully saturated rings. The van der Waals surface area contributed by atoms with Crippen LogP contribution in [0.1, 0.15) is 34.5 Å². The molecule has 0 saturated carbocycles. The number of carbonyl (C=O) groups excluding carboxylic acids is 2. The Balaban J connectivity index is 1.58. The summed E-state index contributed by atoms with van der Waals surface area (Å²) in [6.45, 7) is 3.64. The summed E-state index contributed by atoms with van der Waals surface area (Å²) in [6.07, 6.45) is 0. The summed E-state index contributed by atoms with van der Waals surface area (Å²) in [5.74, 6) is 0.0626. The maximum atomic E-state index is 12.6. The zero-order valence-corrected chi connectivity index (χ0v) is 17.6. The van der Waals surface area contributed by atoms with E-state index in [9.17, 15) is 9.59 Å². The Labute approximate surface area is 181 Å². The van der Waals surface area contributed by atoms with E-state index in [4.69, 9.17) is 16.3 Å². The summed E-state index contributed by atoms with van der Waals surface area (Å²) in [5.41, 5.74) is 2.85. The molecule has 154 valence electrons. The van der Waals surface area contributed by atoms with Gasteiger partial charge in [-0.2, -0.15) is 0 Å². The fourth-order valence-electron chi connectivity index (χ4n) is 2.96. The molecule has 0 aliphatic carbocycles. The van der Waals surface area contributed by atoms with Gasteiger partial charge in [0.25, 0.3) is 11.8 Å². The summed E-state index contributed by atoms with van der Waals surface area (Å²) >= 11 is 5.93. The van der Waals surface area contributed by atoms with Gasteiger partial charge in [-0.25, -0.2) is 0 Å². The van der Waals surface area contributed by atoms with Gasteiger partial charge in [-0.1, -0.05) is 48.0 Å². The number of nitrogens with one attached hydrogen (secondary N) is 2. The van der Waals surface area contributed by atoms with Crippen molar-refractivity contribution in [3.8, 4) is 5.75 Å². The number of hydrogen-bond acceptors (Lipinski definition) is 3. The Hall–Kier alpha value is -3.31. The topological polar surface area (TPSA) is 67.4 Å². The molecular formula is C24H23ClN2O3. The van der Waals surface area contributed by atoms with Crippen molar-refractivity contribution in [1.29, 1.82) is 0 Å². The van der Waals surface area contributed by atoms with Gasteiger partial charge in [-0.05, 0) is 61.4 Å². The lowest BCUT2D eigenvalue weighted by atomic mass is 10.1. The highest BCUT2D eigenvalue weighted by Gasteiger charge is 2.12. The van der Waals surface area contributed by atoms with Crippen LogP contribution in [0.15, 0.2) is 72.8 Å². The van der Waals surface area contributed by atoms with Crippen LogP contribution in [0.3, 0.4) is 0 Å². The molecule has 1 atom stereocenters. The molecule has 3 aromatic rings. The zero-order chi connectivity index (χ0) is 21.5. The second-order valence-electron chi connectivity index (χ2n) is 6.93. The quantitative estimate of drug-likeness (QED) is 0.552. The molecule has 0 spiro atoms. The number of benzene rings is 3. The highest BCUT2D eigenvalue weighted by molar-refractivity contribution is 6.30. The molecule has 1 unspecified atom stereocenters. The first-order valence-electron chi connectivity index (χ1n) is 9.57. The molecule has 0 radical (unpaired) electrons. The number of halogens is 1. The smallest absolute Gasteiger partial charge is 0.262 e. The third-order valence-electron chi connectivity index (χ3n) is 4.55. The van der Waals surface area contributed by atoms with Crippen LogP contribution in [-0.4, -0.2) is 18.4 Å². The molecule has 30 heavy (non-hydrogen) atoms. The van der Waals surface area contributed by atoms with Gasteiger partial charge in [0.05, 0.1) is 6.04 Å². The zero-order valence-electron chi connectivity index (χ0n) is 16.8. The van der Waals surface area contributed by atoms with E-state index in [1.54, 1.807) is 42.5 Å². The summed E-state index contributed by atoms with van der Waals surface area (Å²) < 4.78 is 5.56. The predicted molar refractivity (Wildman–Crippen MR) is 119 cm³/mol. The van der Waals surface area contributed by atoms with Crippen molar-refractivity contribution in [2.45, 2.75) is 19.9 Å². The molecule has 2 amide bonds. The minimum Gasteiger partial charge on any atom is -0.483 e. The van der Waals surface area contributed by atoms with Crippen molar-refractivity contribution in [3.05, 3.63) is 94.5 Å². The van der Waals surface area contributed by atoms with Gasteiger partial charge in [0, 0.05) is 16.3 Å². The lowest BCUT2D eigenvalue weighted by molar-refractivity contribution is -0.118. The highest BCUT2D eigenvalue weighted by Crippen LogP contribution is 2.22. The molecule has 2 N–H and O–H groups in total. The van der Waals surface area contributed by atoms with Gasteiger partial charge in [0.2, 0.25) is 0 Å². The summed E-state index contributed by atoms with van der Waals surface area (Å²) in [5, 5.41) is 6.33. The van der Waals surface area contributed by atoms with Gasteiger partial charge in [-0.3, -0.25) is 9.59 Å². The number of ether oxygens (including phenoxy) is 1. The van der Waals surface area contributed by atoms with Gasteiger partial charge in [0.15, 0.2) is 6.61 Å². The van der Waals surface area contributed by atoms with Crippen molar-refractivity contribution < 1.29 is 14.3 Å². The third-order valence-corrected chi connectivity index (χ3v) is 4.79. The minimum atomic E-state index is -0.320. The van der Waals surface area contributed by atoms with Crippen LogP contribution in [0.2, 0.25) is 5.02 Å². The van der Waals surface area contributed by atoms with Crippen LogP contribution in [0.5, 0.6) is 5.75 Å². The van der Waals surface area contributed by atoms with Crippen LogP contribution in [0.25, 0.3) is 0 Å². The Morgan fingerprint density at radius 3 is 2.50 bits per heavy atom. The Kier molecular flexibility index (Phi) is 7.09. The number of carbonyl (C=O) groups is 2. The minimum absolute atomic E-state index is 0.132. The van der Waals surface area contributed by atoms with Gasteiger partial charge in [0.1, 0.15) is 5.75 Å². The average molecular weight is 423 g/mol. The van der Waals surface area contributed by atoms with Crippen molar-refractivity contribution in [2.24, 2.45) is 0 Å². The molecule has 3 aromatic carbocycles. The summed E-state index contributed by atoms with van der Waals surface area (Å²) in [4.78, 5) is 24.8. The van der Waals surface area contributed by atoms with Crippen LogP contribution >= 0.6 is 11.6 Å². The van der Waals surface area contributed by atoms with Crippen molar-refractivity contribution >= 4 is 29.1 Å². The fourth-order valence-corrected chi connectivity index (χ4v) is 3.19. The largest absolute Gasteiger partial charge is 0.483 e. The molecule has 0 aromatic heterocycles. The molecule has 0 aliphatic heterocycles.